The van der Waals surface area contributed by atoms with Crippen LogP contribution in [0.25, 0.3) is 0 Å². The molecule has 0 bridgehead atoms. The van der Waals surface area contributed by atoms with Gasteiger partial charge < -0.3 is 14.8 Å². The predicted octanol–water partition coefficient (Wildman–Crippen LogP) is 2.94. The molecule has 0 aliphatic heterocycles. The summed E-state index contributed by atoms with van der Waals surface area (Å²) in [4.78, 5) is 0. The van der Waals surface area contributed by atoms with Crippen LogP contribution in [0.4, 0.5) is 0 Å². The summed E-state index contributed by atoms with van der Waals surface area (Å²) >= 11 is 1.89. The Labute approximate surface area is 114 Å². The van der Waals surface area contributed by atoms with Gasteiger partial charge in [-0.25, -0.2) is 0 Å². The molecule has 18 heavy (non-hydrogen) atoms. The zero-order valence-corrected chi connectivity index (χ0v) is 12.5. The molecule has 0 aromatic heterocycles. The van der Waals surface area contributed by atoms with Crippen LogP contribution in [0.2, 0.25) is 0 Å². The van der Waals surface area contributed by atoms with Gasteiger partial charge in [-0.15, -0.1) is 0 Å². The van der Waals surface area contributed by atoms with Crippen molar-refractivity contribution in [2.75, 3.05) is 26.2 Å². The van der Waals surface area contributed by atoms with Gasteiger partial charge in [0.15, 0.2) is 11.5 Å². The summed E-state index contributed by atoms with van der Waals surface area (Å²) < 4.78 is 10.5. The number of rotatable bonds is 8. The molecule has 0 saturated carbocycles. The molecule has 1 unspecified atom stereocenters. The fourth-order valence-electron chi connectivity index (χ4n) is 1.68. The Hall–Kier alpha value is -0.870. The second kappa shape index (κ2) is 8.27. The molecule has 0 spiro atoms. The first-order chi connectivity index (χ1) is 8.71. The average Bonchev–Trinajstić information content (AvgIpc) is 2.42. The van der Waals surface area contributed by atoms with E-state index in [1.165, 1.54) is 17.7 Å². The van der Waals surface area contributed by atoms with Gasteiger partial charge in [0.1, 0.15) is 0 Å². The molecule has 0 aliphatic rings. The van der Waals surface area contributed by atoms with Crippen molar-refractivity contribution in [3.63, 3.8) is 0 Å². The second-order valence-corrected chi connectivity index (χ2v) is 5.24. The Morgan fingerprint density at radius 3 is 2.56 bits per heavy atom. The molecular weight excluding hydrogens is 246 g/mol. The largest absolute Gasteiger partial charge is 0.493 e. The van der Waals surface area contributed by atoms with Gasteiger partial charge in [0.05, 0.1) is 14.2 Å². The third-order valence-corrected chi connectivity index (χ3v) is 3.50. The molecular formula is C14H23NO2S. The highest BCUT2D eigenvalue weighted by Crippen LogP contribution is 2.27. The minimum Gasteiger partial charge on any atom is -0.493 e. The zero-order valence-electron chi connectivity index (χ0n) is 11.7. The minimum absolute atomic E-state index is 0.533. The van der Waals surface area contributed by atoms with E-state index in [9.17, 15) is 0 Å². The van der Waals surface area contributed by atoms with Gasteiger partial charge in [0.2, 0.25) is 0 Å². The molecule has 1 aromatic rings. The number of hydrogen-bond donors (Lipinski definition) is 1. The van der Waals surface area contributed by atoms with Crippen molar-refractivity contribution in [3.05, 3.63) is 23.8 Å². The molecule has 4 heteroatoms. The Morgan fingerprint density at radius 1 is 1.22 bits per heavy atom. The number of ether oxygens (including phenoxy) is 2. The van der Waals surface area contributed by atoms with E-state index in [1.54, 1.807) is 14.2 Å². The minimum atomic E-state index is 0.533. The molecule has 1 atom stereocenters. The molecule has 1 aromatic carbocycles. The van der Waals surface area contributed by atoms with Gasteiger partial charge in [0, 0.05) is 12.6 Å². The van der Waals surface area contributed by atoms with Gasteiger partial charge in [-0.3, -0.25) is 0 Å². The normalized spacial score (nSPS) is 12.2. The Morgan fingerprint density at radius 2 is 1.94 bits per heavy atom. The first-order valence-corrected chi connectivity index (χ1v) is 7.53. The summed E-state index contributed by atoms with van der Waals surface area (Å²) in [5, 5.41) is 3.51. The van der Waals surface area contributed by atoms with Crippen LogP contribution in [0, 0.1) is 0 Å². The number of hydrogen-bond acceptors (Lipinski definition) is 4. The fourth-order valence-corrected chi connectivity index (χ4v) is 2.27. The van der Waals surface area contributed by atoms with Crippen molar-refractivity contribution in [1.29, 1.82) is 0 Å². The zero-order chi connectivity index (χ0) is 13.4. The molecule has 3 nitrogen and oxygen atoms in total. The first-order valence-electron chi connectivity index (χ1n) is 6.14. The van der Waals surface area contributed by atoms with E-state index in [0.29, 0.717) is 6.04 Å². The summed E-state index contributed by atoms with van der Waals surface area (Å²) in [6.07, 6.45) is 3.33. The van der Waals surface area contributed by atoms with Crippen molar-refractivity contribution < 1.29 is 9.47 Å². The smallest absolute Gasteiger partial charge is 0.161 e. The Kier molecular flexibility index (Phi) is 6.98. The van der Waals surface area contributed by atoms with Crippen LogP contribution in [0.5, 0.6) is 11.5 Å². The van der Waals surface area contributed by atoms with Crippen molar-refractivity contribution in [2.45, 2.75) is 25.9 Å². The van der Waals surface area contributed by atoms with Gasteiger partial charge in [0.25, 0.3) is 0 Å². The van der Waals surface area contributed by atoms with E-state index in [2.05, 4.69) is 24.6 Å². The van der Waals surface area contributed by atoms with Gasteiger partial charge in [-0.1, -0.05) is 6.07 Å². The van der Waals surface area contributed by atoms with Crippen LogP contribution in [-0.2, 0) is 6.54 Å². The summed E-state index contributed by atoms with van der Waals surface area (Å²) in [5.74, 6) is 2.75. The monoisotopic (exact) mass is 269 g/mol. The molecule has 0 saturated heterocycles. The maximum absolute atomic E-state index is 5.29. The average molecular weight is 269 g/mol. The summed E-state index contributed by atoms with van der Waals surface area (Å²) in [6.45, 7) is 3.08. The summed E-state index contributed by atoms with van der Waals surface area (Å²) in [6, 6.07) is 6.57. The van der Waals surface area contributed by atoms with Crippen molar-refractivity contribution in [1.82, 2.24) is 5.32 Å². The Balaban J connectivity index is 2.52. The Bertz CT molecular complexity index is 358. The van der Waals surface area contributed by atoms with Crippen LogP contribution >= 0.6 is 11.8 Å². The number of nitrogens with one attached hydrogen (secondary N) is 1. The van der Waals surface area contributed by atoms with E-state index in [4.69, 9.17) is 9.47 Å². The van der Waals surface area contributed by atoms with E-state index < -0.39 is 0 Å². The first kappa shape index (κ1) is 15.2. The van der Waals surface area contributed by atoms with Crippen LogP contribution in [0.3, 0.4) is 0 Å². The van der Waals surface area contributed by atoms with Crippen LogP contribution in [0.1, 0.15) is 18.9 Å². The van der Waals surface area contributed by atoms with Gasteiger partial charge in [-0.05, 0) is 43.0 Å². The third-order valence-electron chi connectivity index (χ3n) is 2.86. The SMILES string of the molecule is COc1ccc(CNC(C)CCSC)cc1OC. The summed E-state index contributed by atoms with van der Waals surface area (Å²) in [5.41, 5.74) is 1.21. The molecule has 0 amide bonds. The standard InChI is InChI=1S/C14H23NO2S/c1-11(7-8-18-4)15-10-12-5-6-13(16-2)14(9-12)17-3/h5-6,9,11,15H,7-8,10H2,1-4H3. The quantitative estimate of drug-likeness (QED) is 0.786. The van der Waals surface area contributed by atoms with E-state index in [-0.39, 0.29) is 0 Å². The van der Waals surface area contributed by atoms with Gasteiger partial charge in [-0.2, -0.15) is 11.8 Å². The highest BCUT2D eigenvalue weighted by Gasteiger charge is 2.05. The predicted molar refractivity (Wildman–Crippen MR) is 78.8 cm³/mol. The van der Waals surface area contributed by atoms with Crippen LogP contribution in [0.15, 0.2) is 18.2 Å². The fraction of sp³-hybridized carbons (Fsp3) is 0.571. The highest BCUT2D eigenvalue weighted by molar-refractivity contribution is 7.98. The maximum Gasteiger partial charge on any atom is 0.161 e. The number of benzene rings is 1. The van der Waals surface area contributed by atoms with Crippen molar-refractivity contribution in [3.8, 4) is 11.5 Å². The third kappa shape index (κ3) is 4.78. The second-order valence-electron chi connectivity index (χ2n) is 4.25. The molecule has 0 radical (unpaired) electrons. The molecule has 1 rings (SSSR count). The number of thioether (sulfide) groups is 1. The van der Waals surface area contributed by atoms with Crippen LogP contribution in [-0.4, -0.2) is 32.3 Å². The lowest BCUT2D eigenvalue weighted by molar-refractivity contribution is 0.354. The molecule has 1 N–H and O–H groups in total. The lowest BCUT2D eigenvalue weighted by Crippen LogP contribution is -2.25. The lowest BCUT2D eigenvalue weighted by Gasteiger charge is -2.14. The number of methoxy groups -OCH3 is 2. The lowest BCUT2D eigenvalue weighted by atomic mass is 10.2. The van der Waals surface area contributed by atoms with Gasteiger partial charge >= 0.3 is 0 Å². The topological polar surface area (TPSA) is 30.5 Å². The summed E-state index contributed by atoms with van der Waals surface area (Å²) in [7, 11) is 3.32. The van der Waals surface area contributed by atoms with E-state index in [1.807, 2.05) is 23.9 Å². The molecule has 102 valence electrons. The van der Waals surface area contributed by atoms with Crippen molar-refractivity contribution >= 4 is 11.8 Å². The maximum atomic E-state index is 5.29. The van der Waals surface area contributed by atoms with Crippen molar-refractivity contribution in [2.24, 2.45) is 0 Å². The van der Waals surface area contributed by atoms with E-state index in [0.717, 1.165) is 18.0 Å². The highest BCUT2D eigenvalue weighted by atomic mass is 32.2. The van der Waals surface area contributed by atoms with E-state index >= 15 is 0 Å². The molecule has 0 heterocycles. The van der Waals surface area contributed by atoms with Crippen LogP contribution < -0.4 is 14.8 Å². The molecule has 0 fully saturated rings. The molecule has 0 aliphatic carbocycles.